The number of nitrogens with one attached hydrogen (secondary N) is 1. The van der Waals surface area contributed by atoms with E-state index in [9.17, 15) is 18.0 Å². The number of urea groups is 1. The molecule has 0 bridgehead atoms. The van der Waals surface area contributed by atoms with E-state index < -0.39 is 24.8 Å². The largest absolute Gasteiger partial charge is 0.406 e. The number of amides is 2. The molecule has 0 spiro atoms. The van der Waals surface area contributed by atoms with Crippen molar-refractivity contribution in [2.24, 2.45) is 0 Å². The molecule has 1 fully saturated rings. The molecular formula is C18H25F3N2O2. The normalized spacial score (nSPS) is 16.6. The van der Waals surface area contributed by atoms with Crippen molar-refractivity contribution in [3.63, 3.8) is 0 Å². The Kier molecular flexibility index (Phi) is 5.98. The fourth-order valence-electron chi connectivity index (χ4n) is 2.81. The van der Waals surface area contributed by atoms with Gasteiger partial charge in [-0.2, -0.15) is 13.2 Å². The number of carbonyl (C=O) groups excluding carboxylic acids is 1. The minimum atomic E-state index is -4.44. The number of hydrogen-bond donors (Lipinski definition) is 1. The second-order valence-electron chi connectivity index (χ2n) is 7.34. The molecule has 0 saturated carbocycles. The summed E-state index contributed by atoms with van der Waals surface area (Å²) in [6, 6.07) is 5.98. The van der Waals surface area contributed by atoms with E-state index in [0.717, 1.165) is 10.5 Å². The molecular weight excluding hydrogens is 333 g/mol. The molecule has 2 amide bonds. The second-order valence-corrected chi connectivity index (χ2v) is 7.34. The van der Waals surface area contributed by atoms with Gasteiger partial charge in [-0.05, 0) is 36.0 Å². The van der Waals surface area contributed by atoms with E-state index >= 15 is 0 Å². The summed E-state index contributed by atoms with van der Waals surface area (Å²) in [6.07, 6.45) is -3.62. The Morgan fingerprint density at radius 1 is 1.16 bits per heavy atom. The van der Waals surface area contributed by atoms with Gasteiger partial charge >= 0.3 is 12.2 Å². The SMILES string of the molecule is CC(C)(C)c1ccc(NC(=O)N(CC(F)(F)F)C2CCOCC2)cc1. The maximum Gasteiger partial charge on any atom is 0.406 e. The Balaban J connectivity index is 2.10. The topological polar surface area (TPSA) is 41.6 Å². The van der Waals surface area contributed by atoms with Crippen molar-refractivity contribution < 1.29 is 22.7 Å². The number of nitrogens with zero attached hydrogens (tertiary/aromatic N) is 1. The van der Waals surface area contributed by atoms with Crippen molar-refractivity contribution in [1.82, 2.24) is 4.90 Å². The predicted octanol–water partition coefficient (Wildman–Crippen LogP) is 4.56. The van der Waals surface area contributed by atoms with Gasteiger partial charge in [0.15, 0.2) is 0 Å². The van der Waals surface area contributed by atoms with Crippen LogP contribution in [0.4, 0.5) is 23.7 Å². The van der Waals surface area contributed by atoms with Gasteiger partial charge in [0.05, 0.1) is 0 Å². The third kappa shape index (κ3) is 5.92. The highest BCUT2D eigenvalue weighted by Gasteiger charge is 2.37. The summed E-state index contributed by atoms with van der Waals surface area (Å²) in [5.74, 6) is 0. The highest BCUT2D eigenvalue weighted by Crippen LogP contribution is 2.25. The van der Waals surface area contributed by atoms with Crippen LogP contribution >= 0.6 is 0 Å². The summed E-state index contributed by atoms with van der Waals surface area (Å²) < 4.78 is 43.9. The summed E-state index contributed by atoms with van der Waals surface area (Å²) in [5.41, 5.74) is 1.53. The first-order valence-electron chi connectivity index (χ1n) is 8.39. The Labute approximate surface area is 146 Å². The Morgan fingerprint density at radius 3 is 2.20 bits per heavy atom. The maximum atomic E-state index is 12.9. The van der Waals surface area contributed by atoms with E-state index in [2.05, 4.69) is 26.1 Å². The number of alkyl halides is 3. The maximum absolute atomic E-state index is 12.9. The number of hydrogen-bond acceptors (Lipinski definition) is 2. The summed E-state index contributed by atoms with van der Waals surface area (Å²) in [5, 5.41) is 2.59. The zero-order valence-electron chi connectivity index (χ0n) is 14.8. The summed E-state index contributed by atoms with van der Waals surface area (Å²) in [6.45, 7) is 5.67. The molecule has 1 heterocycles. The minimum absolute atomic E-state index is 0.0348. The lowest BCUT2D eigenvalue weighted by molar-refractivity contribution is -0.146. The lowest BCUT2D eigenvalue weighted by Crippen LogP contribution is -2.49. The quantitative estimate of drug-likeness (QED) is 0.861. The Bertz CT molecular complexity index is 573. The van der Waals surface area contributed by atoms with Crippen molar-refractivity contribution >= 4 is 11.7 Å². The molecule has 1 N–H and O–H groups in total. The lowest BCUT2D eigenvalue weighted by Gasteiger charge is -2.34. The third-order valence-corrected chi connectivity index (χ3v) is 4.24. The molecule has 1 aromatic rings. The van der Waals surface area contributed by atoms with Gasteiger partial charge in [-0.15, -0.1) is 0 Å². The average Bonchev–Trinajstić information content (AvgIpc) is 2.52. The van der Waals surface area contributed by atoms with E-state index in [-0.39, 0.29) is 5.41 Å². The van der Waals surface area contributed by atoms with Gasteiger partial charge in [-0.1, -0.05) is 32.9 Å². The van der Waals surface area contributed by atoms with Crippen LogP contribution in [0.15, 0.2) is 24.3 Å². The van der Waals surface area contributed by atoms with Crippen LogP contribution in [0, 0.1) is 0 Å². The smallest absolute Gasteiger partial charge is 0.381 e. The van der Waals surface area contributed by atoms with Crippen molar-refractivity contribution in [2.45, 2.75) is 51.2 Å². The number of benzene rings is 1. The molecule has 0 unspecified atom stereocenters. The van der Waals surface area contributed by atoms with Crippen molar-refractivity contribution in [1.29, 1.82) is 0 Å². The second kappa shape index (κ2) is 7.64. The van der Waals surface area contributed by atoms with Crippen LogP contribution in [0.5, 0.6) is 0 Å². The number of anilines is 1. The standard InChI is InChI=1S/C18H25F3N2O2/c1-17(2,3)13-4-6-14(7-5-13)22-16(24)23(12-18(19,20)21)15-8-10-25-11-9-15/h4-7,15H,8-12H2,1-3H3,(H,22,24). The van der Waals surface area contributed by atoms with Gasteiger partial charge in [0.1, 0.15) is 6.54 Å². The molecule has 25 heavy (non-hydrogen) atoms. The van der Waals surface area contributed by atoms with E-state index in [1.54, 1.807) is 12.1 Å². The Morgan fingerprint density at radius 2 is 1.72 bits per heavy atom. The van der Waals surface area contributed by atoms with Gasteiger partial charge in [0, 0.05) is 24.9 Å². The molecule has 0 radical (unpaired) electrons. The predicted molar refractivity (Wildman–Crippen MR) is 90.8 cm³/mol. The average molecular weight is 358 g/mol. The number of ether oxygens (including phenoxy) is 1. The fraction of sp³-hybridized carbons (Fsp3) is 0.611. The minimum Gasteiger partial charge on any atom is -0.381 e. The third-order valence-electron chi connectivity index (χ3n) is 4.24. The summed E-state index contributed by atoms with van der Waals surface area (Å²) in [4.78, 5) is 13.3. The number of rotatable bonds is 3. The van der Waals surface area contributed by atoms with Gasteiger partial charge in [-0.25, -0.2) is 4.79 Å². The summed E-state index contributed by atoms with van der Waals surface area (Å²) in [7, 11) is 0. The van der Waals surface area contributed by atoms with Gasteiger partial charge < -0.3 is 15.0 Å². The first-order valence-corrected chi connectivity index (χ1v) is 8.39. The van der Waals surface area contributed by atoms with Crippen LogP contribution in [-0.2, 0) is 10.2 Å². The molecule has 1 aromatic carbocycles. The van der Waals surface area contributed by atoms with Gasteiger partial charge in [0.25, 0.3) is 0 Å². The first-order chi connectivity index (χ1) is 11.6. The van der Waals surface area contributed by atoms with Crippen LogP contribution in [0.25, 0.3) is 0 Å². The molecule has 2 rings (SSSR count). The van der Waals surface area contributed by atoms with E-state index in [1.165, 1.54) is 0 Å². The van der Waals surface area contributed by atoms with Crippen molar-refractivity contribution in [2.75, 3.05) is 25.1 Å². The van der Waals surface area contributed by atoms with E-state index in [4.69, 9.17) is 4.74 Å². The lowest BCUT2D eigenvalue weighted by atomic mass is 9.87. The summed E-state index contributed by atoms with van der Waals surface area (Å²) >= 11 is 0. The van der Waals surface area contributed by atoms with Crippen molar-refractivity contribution in [3.05, 3.63) is 29.8 Å². The van der Waals surface area contributed by atoms with Crippen LogP contribution in [-0.4, -0.2) is 42.9 Å². The zero-order valence-corrected chi connectivity index (χ0v) is 14.8. The monoisotopic (exact) mass is 358 g/mol. The molecule has 0 aliphatic carbocycles. The van der Waals surface area contributed by atoms with E-state index in [0.29, 0.717) is 31.7 Å². The highest BCUT2D eigenvalue weighted by molar-refractivity contribution is 5.89. The van der Waals surface area contributed by atoms with Gasteiger partial charge in [-0.3, -0.25) is 0 Å². The Hall–Kier alpha value is -1.76. The molecule has 0 atom stereocenters. The fourth-order valence-corrected chi connectivity index (χ4v) is 2.81. The van der Waals surface area contributed by atoms with Crippen LogP contribution in [0.2, 0.25) is 0 Å². The number of halogens is 3. The number of carbonyl (C=O) groups is 1. The first kappa shape index (κ1) is 19.6. The van der Waals surface area contributed by atoms with Crippen LogP contribution in [0.1, 0.15) is 39.2 Å². The molecule has 0 aromatic heterocycles. The van der Waals surface area contributed by atoms with Crippen molar-refractivity contribution in [3.8, 4) is 0 Å². The van der Waals surface area contributed by atoms with Crippen LogP contribution in [0.3, 0.4) is 0 Å². The molecule has 4 nitrogen and oxygen atoms in total. The van der Waals surface area contributed by atoms with Gasteiger partial charge in [0.2, 0.25) is 0 Å². The van der Waals surface area contributed by atoms with Crippen LogP contribution < -0.4 is 5.32 Å². The highest BCUT2D eigenvalue weighted by atomic mass is 19.4. The van der Waals surface area contributed by atoms with E-state index in [1.807, 2.05) is 12.1 Å². The molecule has 1 saturated heterocycles. The molecule has 7 heteroatoms. The molecule has 1 aliphatic heterocycles. The molecule has 1 aliphatic rings. The molecule has 140 valence electrons. The zero-order chi connectivity index (χ0) is 18.7.